The summed E-state index contributed by atoms with van der Waals surface area (Å²) in [5, 5.41) is 10.5. The Morgan fingerprint density at radius 1 is 1.25 bits per heavy atom. The average Bonchev–Trinajstić information content (AvgIpc) is 3.24. The molecule has 0 radical (unpaired) electrons. The van der Waals surface area contributed by atoms with Gasteiger partial charge in [0.1, 0.15) is 22.3 Å². The van der Waals surface area contributed by atoms with Crippen LogP contribution in [0.15, 0.2) is 45.5 Å². The van der Waals surface area contributed by atoms with Gasteiger partial charge in [-0.05, 0) is 35.7 Å². The number of hydrogen-bond donors (Lipinski definition) is 3. The van der Waals surface area contributed by atoms with Crippen LogP contribution in [0.3, 0.4) is 0 Å². The molecule has 2 aromatic heterocycles. The minimum absolute atomic E-state index is 0.0311. The van der Waals surface area contributed by atoms with Gasteiger partial charge in [0.25, 0.3) is 15.6 Å². The van der Waals surface area contributed by atoms with E-state index in [-0.39, 0.29) is 28.4 Å². The Morgan fingerprint density at radius 2 is 2.04 bits per heavy atom. The monoisotopic (exact) mass is 427 g/mol. The Bertz CT molecular complexity index is 1200. The molecule has 7 nitrogen and oxygen atoms in total. The third-order valence-electron chi connectivity index (χ3n) is 4.47. The number of pyridine rings is 1. The van der Waals surface area contributed by atoms with Gasteiger partial charge in [-0.3, -0.25) is 9.52 Å². The van der Waals surface area contributed by atoms with Crippen LogP contribution in [-0.2, 0) is 10.0 Å². The first-order valence-corrected chi connectivity index (χ1v) is 10.6. The number of sulfonamides is 1. The standard InChI is InChI=1S/C17H15F2N3O4S2/c18-11-5-9-3-4-20-17(24)10(9)6-13(11)21-28(25,26)16-2-1-15(27-16)22-7-12(19)14(23)8-22/h1-6,12,14,21,23H,7-8H2,(H,20,24)/t12-,14-/m1/s1. The summed E-state index contributed by atoms with van der Waals surface area (Å²) in [4.78, 5) is 15.9. The lowest BCUT2D eigenvalue weighted by molar-refractivity contribution is 0.118. The number of aromatic amines is 1. The molecule has 0 unspecified atom stereocenters. The van der Waals surface area contributed by atoms with E-state index < -0.39 is 33.7 Å². The van der Waals surface area contributed by atoms with Crippen LogP contribution >= 0.6 is 11.3 Å². The van der Waals surface area contributed by atoms with E-state index in [0.717, 1.165) is 23.5 Å². The van der Waals surface area contributed by atoms with Gasteiger partial charge in [0.2, 0.25) is 0 Å². The van der Waals surface area contributed by atoms with Crippen LogP contribution < -0.4 is 15.2 Å². The number of β-amino-alcohol motifs (C(OH)–C–C–N with tert-alkyl or cyclic N) is 1. The maximum atomic E-state index is 14.3. The molecular formula is C17H15F2N3O4S2. The summed E-state index contributed by atoms with van der Waals surface area (Å²) < 4.78 is 55.2. The number of H-pyrrole nitrogens is 1. The summed E-state index contributed by atoms with van der Waals surface area (Å²) in [5.41, 5.74) is -0.815. The van der Waals surface area contributed by atoms with Gasteiger partial charge in [0.05, 0.1) is 17.2 Å². The van der Waals surface area contributed by atoms with E-state index in [1.165, 1.54) is 24.4 Å². The van der Waals surface area contributed by atoms with Crippen LogP contribution in [0.1, 0.15) is 0 Å². The number of rotatable bonds is 4. The second-order valence-electron chi connectivity index (χ2n) is 6.41. The molecule has 1 fully saturated rings. The number of nitrogens with zero attached hydrogens (tertiary/aromatic N) is 1. The number of aliphatic hydroxyl groups is 1. The number of halogens is 2. The highest BCUT2D eigenvalue weighted by Gasteiger charge is 2.32. The molecule has 1 saturated heterocycles. The second kappa shape index (κ2) is 6.83. The molecule has 2 atom stereocenters. The van der Waals surface area contributed by atoms with E-state index in [1.54, 1.807) is 4.90 Å². The second-order valence-corrected chi connectivity index (χ2v) is 9.38. The van der Waals surface area contributed by atoms with Crippen molar-refractivity contribution >= 4 is 42.8 Å². The van der Waals surface area contributed by atoms with Crippen LogP contribution in [-0.4, -0.2) is 43.9 Å². The first-order valence-electron chi connectivity index (χ1n) is 8.25. The van der Waals surface area contributed by atoms with Crippen LogP contribution in [0.5, 0.6) is 0 Å². The van der Waals surface area contributed by atoms with Gasteiger partial charge in [0, 0.05) is 18.1 Å². The third kappa shape index (κ3) is 3.36. The fraction of sp³-hybridized carbons (Fsp3) is 0.235. The molecule has 28 heavy (non-hydrogen) atoms. The van der Waals surface area contributed by atoms with Gasteiger partial charge in [0.15, 0.2) is 0 Å². The van der Waals surface area contributed by atoms with Crippen molar-refractivity contribution < 1.29 is 22.3 Å². The molecule has 0 spiro atoms. The van der Waals surface area contributed by atoms with Gasteiger partial charge < -0.3 is 15.0 Å². The fourth-order valence-corrected chi connectivity index (χ4v) is 5.40. The molecule has 11 heteroatoms. The third-order valence-corrected chi connectivity index (χ3v) is 7.47. The van der Waals surface area contributed by atoms with Crippen molar-refractivity contribution in [3.63, 3.8) is 0 Å². The summed E-state index contributed by atoms with van der Waals surface area (Å²) in [5.74, 6) is -0.818. The number of alkyl halides is 1. The number of benzene rings is 1. The Kier molecular flexibility index (Phi) is 4.60. The minimum atomic E-state index is -4.12. The number of hydrogen-bond acceptors (Lipinski definition) is 6. The van der Waals surface area contributed by atoms with Gasteiger partial charge >= 0.3 is 0 Å². The van der Waals surface area contributed by atoms with E-state index >= 15 is 0 Å². The predicted molar refractivity (Wildman–Crippen MR) is 103 cm³/mol. The Hall–Kier alpha value is -2.50. The van der Waals surface area contributed by atoms with E-state index in [0.29, 0.717) is 10.4 Å². The van der Waals surface area contributed by atoms with Crippen molar-refractivity contribution in [3.8, 4) is 0 Å². The van der Waals surface area contributed by atoms with Gasteiger partial charge in [-0.1, -0.05) is 0 Å². The Balaban J connectivity index is 1.63. The lowest BCUT2D eigenvalue weighted by atomic mass is 10.1. The van der Waals surface area contributed by atoms with Crippen LogP contribution in [0.25, 0.3) is 10.8 Å². The summed E-state index contributed by atoms with van der Waals surface area (Å²) in [6.07, 6.45) is -1.14. The highest BCUT2D eigenvalue weighted by molar-refractivity contribution is 7.94. The predicted octanol–water partition coefficient (Wildman–Crippen LogP) is 2.05. The maximum Gasteiger partial charge on any atom is 0.271 e. The summed E-state index contributed by atoms with van der Waals surface area (Å²) in [7, 11) is -4.12. The van der Waals surface area contributed by atoms with Crippen molar-refractivity contribution in [1.82, 2.24) is 4.98 Å². The molecule has 0 amide bonds. The van der Waals surface area contributed by atoms with Gasteiger partial charge in [-0.15, -0.1) is 11.3 Å². The minimum Gasteiger partial charge on any atom is -0.388 e. The molecule has 0 aliphatic carbocycles. The molecule has 0 bridgehead atoms. The molecule has 1 aromatic carbocycles. The molecule has 3 aromatic rings. The number of aromatic nitrogens is 1. The van der Waals surface area contributed by atoms with E-state index in [1.807, 2.05) is 0 Å². The summed E-state index contributed by atoms with van der Waals surface area (Å²) >= 11 is 0.880. The number of anilines is 2. The zero-order valence-electron chi connectivity index (χ0n) is 14.2. The van der Waals surface area contributed by atoms with E-state index in [2.05, 4.69) is 9.71 Å². The van der Waals surface area contributed by atoms with E-state index in [4.69, 9.17) is 0 Å². The quantitative estimate of drug-likeness (QED) is 0.592. The molecule has 4 rings (SSSR count). The molecule has 1 aliphatic rings. The topological polar surface area (TPSA) is 102 Å². The molecule has 0 saturated carbocycles. The van der Waals surface area contributed by atoms with Crippen LogP contribution in [0, 0.1) is 5.82 Å². The lowest BCUT2D eigenvalue weighted by Gasteiger charge is -2.14. The van der Waals surface area contributed by atoms with Crippen molar-refractivity contribution in [3.05, 3.63) is 52.7 Å². The number of fused-ring (bicyclic) bond motifs is 1. The maximum absolute atomic E-state index is 14.3. The van der Waals surface area contributed by atoms with Crippen molar-refractivity contribution in [2.24, 2.45) is 0 Å². The largest absolute Gasteiger partial charge is 0.388 e. The fourth-order valence-electron chi connectivity index (χ4n) is 3.03. The average molecular weight is 427 g/mol. The molecular weight excluding hydrogens is 412 g/mol. The number of thiophene rings is 1. The Morgan fingerprint density at radius 3 is 2.75 bits per heavy atom. The molecule has 3 N–H and O–H groups in total. The zero-order valence-corrected chi connectivity index (χ0v) is 15.9. The Labute approximate surface area is 162 Å². The molecule has 3 heterocycles. The summed E-state index contributed by atoms with van der Waals surface area (Å²) in [6.45, 7) is 0.0351. The number of nitrogens with one attached hydrogen (secondary N) is 2. The summed E-state index contributed by atoms with van der Waals surface area (Å²) in [6, 6.07) is 6.55. The van der Waals surface area contributed by atoms with Crippen molar-refractivity contribution in [2.75, 3.05) is 22.7 Å². The molecule has 148 valence electrons. The SMILES string of the molecule is O=c1[nH]ccc2cc(F)c(NS(=O)(=O)c3ccc(N4C[C@@H](O)[C@H](F)C4)s3)cc12. The lowest BCUT2D eigenvalue weighted by Crippen LogP contribution is -2.20. The van der Waals surface area contributed by atoms with Gasteiger partial charge in [-0.2, -0.15) is 0 Å². The highest BCUT2D eigenvalue weighted by Crippen LogP contribution is 2.33. The molecule has 1 aliphatic heterocycles. The van der Waals surface area contributed by atoms with Crippen molar-refractivity contribution in [2.45, 2.75) is 16.5 Å². The van der Waals surface area contributed by atoms with Crippen molar-refractivity contribution in [1.29, 1.82) is 0 Å². The van der Waals surface area contributed by atoms with Gasteiger partial charge in [-0.25, -0.2) is 17.2 Å². The van der Waals surface area contributed by atoms with E-state index in [9.17, 15) is 27.1 Å². The normalized spacial score (nSPS) is 20.0. The zero-order chi connectivity index (χ0) is 20.1. The first-order chi connectivity index (χ1) is 13.2. The smallest absolute Gasteiger partial charge is 0.271 e. The van der Waals surface area contributed by atoms with Crippen LogP contribution in [0.4, 0.5) is 19.5 Å². The first kappa shape index (κ1) is 18.8. The number of aliphatic hydroxyl groups excluding tert-OH is 1. The van der Waals surface area contributed by atoms with Crippen LogP contribution in [0.2, 0.25) is 0 Å². The highest BCUT2D eigenvalue weighted by atomic mass is 32.2.